The number of aromatic amines is 2. The van der Waals surface area contributed by atoms with E-state index in [1.165, 1.54) is 6.07 Å². The average Bonchev–Trinajstić information content (AvgIpc) is 2.19. The summed E-state index contributed by atoms with van der Waals surface area (Å²) in [5.41, 5.74) is -1.40. The lowest BCUT2D eigenvalue weighted by atomic mass is 10.3. The van der Waals surface area contributed by atoms with Gasteiger partial charge in [0.1, 0.15) is 0 Å². The van der Waals surface area contributed by atoms with Gasteiger partial charge in [-0.05, 0) is 6.07 Å². The normalized spacial score (nSPS) is 10.4. The molecule has 0 aromatic carbocycles. The first kappa shape index (κ1) is 9.13. The number of aromatic nitrogens is 3. The minimum Gasteiger partial charge on any atom is -0.478 e. The molecule has 2 aromatic rings. The van der Waals surface area contributed by atoms with Gasteiger partial charge in [0.15, 0.2) is 5.65 Å². The summed E-state index contributed by atoms with van der Waals surface area (Å²) in [7, 11) is 0. The molecule has 0 saturated heterocycles. The van der Waals surface area contributed by atoms with E-state index in [-0.39, 0.29) is 16.7 Å². The van der Waals surface area contributed by atoms with Gasteiger partial charge in [0.25, 0.3) is 0 Å². The van der Waals surface area contributed by atoms with Crippen LogP contribution >= 0.6 is 0 Å². The van der Waals surface area contributed by atoms with Crippen LogP contribution in [0.5, 0.6) is 0 Å². The zero-order chi connectivity index (χ0) is 11.0. The van der Waals surface area contributed by atoms with Gasteiger partial charge >= 0.3 is 17.1 Å². The molecule has 0 aliphatic heterocycles. The minimum absolute atomic E-state index is 0.0646. The van der Waals surface area contributed by atoms with Gasteiger partial charge in [-0.25, -0.2) is 9.78 Å². The third kappa shape index (κ3) is 1.50. The van der Waals surface area contributed by atoms with Crippen LogP contribution in [0.3, 0.4) is 0 Å². The Hall–Kier alpha value is -2.44. The van der Waals surface area contributed by atoms with E-state index >= 15 is 0 Å². The summed E-state index contributed by atoms with van der Waals surface area (Å²) in [6, 6.07) is 1.22. The Morgan fingerprint density at radius 1 is 1.27 bits per heavy atom. The topological polar surface area (TPSA) is 116 Å². The van der Waals surface area contributed by atoms with Crippen molar-refractivity contribution in [2.75, 3.05) is 0 Å². The molecule has 0 unspecified atom stereocenters. The van der Waals surface area contributed by atoms with Gasteiger partial charge in [-0.3, -0.25) is 9.59 Å². The number of nitrogens with zero attached hydrogens (tertiary/aromatic N) is 1. The van der Waals surface area contributed by atoms with Gasteiger partial charge in [-0.2, -0.15) is 0 Å². The fourth-order valence-corrected chi connectivity index (χ4v) is 1.12. The number of hydrogen-bond acceptors (Lipinski definition) is 4. The minimum atomic E-state index is -1.16. The van der Waals surface area contributed by atoms with Gasteiger partial charge in [0, 0.05) is 6.20 Å². The molecule has 7 heteroatoms. The number of carboxylic acids is 1. The van der Waals surface area contributed by atoms with Gasteiger partial charge in [-0.1, -0.05) is 0 Å². The number of rotatable bonds is 1. The number of pyridine rings is 1. The SMILES string of the molecule is O=C(O)c1cnc2[nH]c(=O)c(=O)[nH]c2c1. The first-order chi connectivity index (χ1) is 7.08. The number of nitrogens with one attached hydrogen (secondary N) is 2. The molecule has 3 N–H and O–H groups in total. The van der Waals surface area contributed by atoms with Gasteiger partial charge in [-0.15, -0.1) is 0 Å². The standard InChI is InChI=1S/C8H5N3O4/c12-6-7(13)11-5-4(10-6)1-3(2-9-5)8(14)15/h1-2H,(H,10,12)(H,14,15)(H,9,11,13). The second-order valence-corrected chi connectivity index (χ2v) is 2.83. The van der Waals surface area contributed by atoms with E-state index in [1.54, 1.807) is 0 Å². The maximum atomic E-state index is 10.9. The predicted molar refractivity (Wildman–Crippen MR) is 49.9 cm³/mol. The molecule has 0 aliphatic carbocycles. The van der Waals surface area contributed by atoms with Gasteiger partial charge in [0.05, 0.1) is 11.1 Å². The Balaban J connectivity index is 2.83. The summed E-state index contributed by atoms with van der Waals surface area (Å²) in [4.78, 5) is 40.6. The molecule has 7 nitrogen and oxygen atoms in total. The Bertz CT molecular complexity index is 655. The van der Waals surface area contributed by atoms with E-state index < -0.39 is 17.1 Å². The highest BCUT2D eigenvalue weighted by atomic mass is 16.4. The van der Waals surface area contributed by atoms with Crippen LogP contribution in [0, 0.1) is 0 Å². The van der Waals surface area contributed by atoms with Crippen molar-refractivity contribution in [3.05, 3.63) is 38.5 Å². The Morgan fingerprint density at radius 3 is 2.60 bits per heavy atom. The molecule has 2 heterocycles. The van der Waals surface area contributed by atoms with Gasteiger partial charge in [0.2, 0.25) is 0 Å². The van der Waals surface area contributed by atoms with Crippen LogP contribution < -0.4 is 11.1 Å². The lowest BCUT2D eigenvalue weighted by Crippen LogP contribution is -2.29. The van der Waals surface area contributed by atoms with Crippen molar-refractivity contribution >= 4 is 17.1 Å². The molecule has 2 rings (SSSR count). The Labute approximate surface area is 81.4 Å². The number of fused-ring (bicyclic) bond motifs is 1. The van der Waals surface area contributed by atoms with Crippen molar-refractivity contribution in [2.24, 2.45) is 0 Å². The van der Waals surface area contributed by atoms with Crippen molar-refractivity contribution in [3.63, 3.8) is 0 Å². The number of H-pyrrole nitrogens is 2. The first-order valence-electron chi connectivity index (χ1n) is 3.93. The summed E-state index contributed by atoms with van der Waals surface area (Å²) in [5.74, 6) is -1.16. The van der Waals surface area contributed by atoms with E-state index in [2.05, 4.69) is 15.0 Å². The van der Waals surface area contributed by atoms with Crippen molar-refractivity contribution < 1.29 is 9.90 Å². The summed E-state index contributed by atoms with van der Waals surface area (Å²) >= 11 is 0. The highest BCUT2D eigenvalue weighted by Crippen LogP contribution is 2.05. The van der Waals surface area contributed by atoms with Crippen LogP contribution in [-0.2, 0) is 0 Å². The molecule has 0 spiro atoms. The van der Waals surface area contributed by atoms with E-state index in [1.807, 2.05) is 0 Å². The van der Waals surface area contributed by atoms with Crippen LogP contribution in [0.2, 0.25) is 0 Å². The predicted octanol–water partition coefficient (Wildman–Crippen LogP) is -0.690. The van der Waals surface area contributed by atoms with Crippen LogP contribution in [0.4, 0.5) is 0 Å². The lowest BCUT2D eigenvalue weighted by molar-refractivity contribution is 0.0696. The Morgan fingerprint density at radius 2 is 1.93 bits per heavy atom. The third-order valence-corrected chi connectivity index (χ3v) is 1.82. The van der Waals surface area contributed by atoms with Crippen molar-refractivity contribution in [1.29, 1.82) is 0 Å². The number of hydrogen-bond donors (Lipinski definition) is 3. The average molecular weight is 207 g/mol. The molecule has 0 radical (unpaired) electrons. The van der Waals surface area contributed by atoms with Crippen LogP contribution in [0.15, 0.2) is 21.9 Å². The summed E-state index contributed by atoms with van der Waals surface area (Å²) < 4.78 is 0. The summed E-state index contributed by atoms with van der Waals surface area (Å²) in [6.45, 7) is 0. The molecule has 0 amide bonds. The fourth-order valence-electron chi connectivity index (χ4n) is 1.12. The fraction of sp³-hybridized carbons (Fsp3) is 0. The monoisotopic (exact) mass is 207 g/mol. The molecular formula is C8H5N3O4. The summed E-state index contributed by atoms with van der Waals surface area (Å²) in [6.07, 6.45) is 1.10. The highest BCUT2D eigenvalue weighted by Gasteiger charge is 2.06. The molecule has 0 aliphatic rings. The first-order valence-corrected chi connectivity index (χ1v) is 3.93. The van der Waals surface area contributed by atoms with E-state index in [0.717, 1.165) is 6.20 Å². The molecule has 0 saturated carbocycles. The number of aromatic carboxylic acids is 1. The molecule has 76 valence electrons. The quantitative estimate of drug-likeness (QED) is 0.535. The number of carboxylic acid groups (broad SMARTS) is 1. The molecule has 15 heavy (non-hydrogen) atoms. The van der Waals surface area contributed by atoms with Crippen LogP contribution in [0.1, 0.15) is 10.4 Å². The molecular weight excluding hydrogens is 202 g/mol. The zero-order valence-corrected chi connectivity index (χ0v) is 7.27. The van der Waals surface area contributed by atoms with Crippen LogP contribution in [-0.4, -0.2) is 26.0 Å². The molecule has 0 bridgehead atoms. The van der Waals surface area contributed by atoms with E-state index in [0.29, 0.717) is 0 Å². The molecule has 2 aromatic heterocycles. The maximum absolute atomic E-state index is 10.9. The molecule has 0 fully saturated rings. The largest absolute Gasteiger partial charge is 0.478 e. The smallest absolute Gasteiger partial charge is 0.337 e. The second kappa shape index (κ2) is 3.05. The maximum Gasteiger partial charge on any atom is 0.337 e. The van der Waals surface area contributed by atoms with Gasteiger partial charge < -0.3 is 15.1 Å². The third-order valence-electron chi connectivity index (χ3n) is 1.82. The van der Waals surface area contributed by atoms with Crippen molar-refractivity contribution in [2.45, 2.75) is 0 Å². The Kier molecular flexibility index (Phi) is 1.86. The van der Waals surface area contributed by atoms with Crippen molar-refractivity contribution in [3.8, 4) is 0 Å². The van der Waals surface area contributed by atoms with E-state index in [9.17, 15) is 14.4 Å². The zero-order valence-electron chi connectivity index (χ0n) is 7.27. The van der Waals surface area contributed by atoms with Crippen LogP contribution in [0.25, 0.3) is 11.2 Å². The summed E-state index contributed by atoms with van der Waals surface area (Å²) in [5, 5.41) is 8.66. The van der Waals surface area contributed by atoms with E-state index in [4.69, 9.17) is 5.11 Å². The van der Waals surface area contributed by atoms with Crippen molar-refractivity contribution in [1.82, 2.24) is 15.0 Å². The highest BCUT2D eigenvalue weighted by molar-refractivity contribution is 5.90. The molecule has 0 atom stereocenters. The second-order valence-electron chi connectivity index (χ2n) is 2.83. The lowest BCUT2D eigenvalue weighted by Gasteiger charge is -1.97. The number of carbonyl (C=O) groups is 1.